The summed E-state index contributed by atoms with van der Waals surface area (Å²) in [5.74, 6) is 1.02. The Morgan fingerprint density at radius 3 is 2.78 bits per heavy atom. The van der Waals surface area contributed by atoms with Gasteiger partial charge in [0.2, 0.25) is 11.8 Å². The minimum atomic E-state index is -0.193. The number of rotatable bonds is 5. The minimum Gasteiger partial charge on any atom is -0.481 e. The van der Waals surface area contributed by atoms with Gasteiger partial charge in [0.05, 0.1) is 24.9 Å². The zero-order chi connectivity index (χ0) is 16.1. The number of nitrogens with zero attached hydrogens (tertiary/aromatic N) is 4. The average molecular weight is 313 g/mol. The molecule has 0 unspecified atom stereocenters. The summed E-state index contributed by atoms with van der Waals surface area (Å²) in [4.78, 5) is 27.1. The lowest BCUT2D eigenvalue weighted by molar-refractivity contribution is 0.0950. The molecule has 0 aliphatic carbocycles. The van der Waals surface area contributed by atoms with E-state index in [9.17, 15) is 4.79 Å². The molecule has 1 aliphatic rings. The van der Waals surface area contributed by atoms with Gasteiger partial charge in [-0.1, -0.05) is 0 Å². The predicted octanol–water partition coefficient (Wildman–Crippen LogP) is 1.41. The average Bonchev–Trinajstić information content (AvgIpc) is 3.15. The maximum atomic E-state index is 12.1. The number of pyridine rings is 1. The molecule has 1 saturated heterocycles. The van der Waals surface area contributed by atoms with Gasteiger partial charge in [-0.3, -0.25) is 4.79 Å². The Kier molecular flexibility index (Phi) is 4.65. The molecule has 1 aliphatic heterocycles. The zero-order valence-corrected chi connectivity index (χ0v) is 13.0. The van der Waals surface area contributed by atoms with E-state index in [0.717, 1.165) is 24.7 Å². The van der Waals surface area contributed by atoms with Crippen molar-refractivity contribution in [1.29, 1.82) is 0 Å². The molecule has 0 saturated carbocycles. The van der Waals surface area contributed by atoms with Gasteiger partial charge < -0.3 is 15.0 Å². The van der Waals surface area contributed by atoms with Crippen molar-refractivity contribution in [3.63, 3.8) is 0 Å². The summed E-state index contributed by atoms with van der Waals surface area (Å²) >= 11 is 0. The summed E-state index contributed by atoms with van der Waals surface area (Å²) in [5, 5.41) is 2.84. The summed E-state index contributed by atoms with van der Waals surface area (Å²) in [5.41, 5.74) is 1.27. The van der Waals surface area contributed by atoms with Crippen LogP contribution in [0, 0.1) is 0 Å². The van der Waals surface area contributed by atoms with Crippen LogP contribution in [0.15, 0.2) is 30.6 Å². The first-order chi connectivity index (χ1) is 11.3. The van der Waals surface area contributed by atoms with Crippen LogP contribution in [-0.4, -0.2) is 41.1 Å². The second-order valence-corrected chi connectivity index (χ2v) is 5.31. The monoisotopic (exact) mass is 313 g/mol. The number of methoxy groups -OCH3 is 1. The number of carbonyl (C=O) groups excluding carboxylic acids is 1. The van der Waals surface area contributed by atoms with Crippen LogP contribution in [0.4, 0.5) is 5.95 Å². The van der Waals surface area contributed by atoms with Gasteiger partial charge in [-0.25, -0.2) is 15.0 Å². The van der Waals surface area contributed by atoms with E-state index in [1.807, 2.05) is 6.07 Å². The van der Waals surface area contributed by atoms with Crippen molar-refractivity contribution in [1.82, 2.24) is 20.3 Å². The second kappa shape index (κ2) is 7.04. The third kappa shape index (κ3) is 3.74. The number of hydrogen-bond donors (Lipinski definition) is 1. The maximum absolute atomic E-state index is 12.1. The molecule has 3 rings (SSSR count). The number of aromatic nitrogens is 3. The van der Waals surface area contributed by atoms with E-state index in [1.165, 1.54) is 26.1 Å². The summed E-state index contributed by atoms with van der Waals surface area (Å²) in [6, 6.07) is 5.15. The van der Waals surface area contributed by atoms with Gasteiger partial charge in [0.1, 0.15) is 0 Å². The van der Waals surface area contributed by atoms with Crippen LogP contribution in [0.2, 0.25) is 0 Å². The first-order valence-corrected chi connectivity index (χ1v) is 7.61. The van der Waals surface area contributed by atoms with Crippen molar-refractivity contribution in [2.75, 3.05) is 25.1 Å². The lowest BCUT2D eigenvalue weighted by atomic mass is 10.2. The highest BCUT2D eigenvalue weighted by molar-refractivity contribution is 5.93. The molecule has 0 atom stereocenters. The number of carbonyl (C=O) groups is 1. The fourth-order valence-corrected chi connectivity index (χ4v) is 2.46. The molecule has 7 nitrogen and oxygen atoms in total. The largest absolute Gasteiger partial charge is 0.481 e. The van der Waals surface area contributed by atoms with E-state index in [1.54, 1.807) is 18.3 Å². The third-order valence-corrected chi connectivity index (χ3v) is 3.73. The summed E-state index contributed by atoms with van der Waals surface area (Å²) < 4.78 is 4.98. The van der Waals surface area contributed by atoms with Gasteiger partial charge in [0.25, 0.3) is 5.91 Å². The molecule has 1 N–H and O–H groups in total. The molecule has 7 heteroatoms. The van der Waals surface area contributed by atoms with Crippen molar-refractivity contribution < 1.29 is 9.53 Å². The van der Waals surface area contributed by atoms with E-state index in [4.69, 9.17) is 4.74 Å². The molecular formula is C16H19N5O2. The van der Waals surface area contributed by atoms with E-state index < -0.39 is 0 Å². The predicted molar refractivity (Wildman–Crippen MR) is 85.4 cm³/mol. The number of amides is 1. The second-order valence-electron chi connectivity index (χ2n) is 5.31. The lowest BCUT2D eigenvalue weighted by Crippen LogP contribution is -2.25. The Morgan fingerprint density at radius 2 is 2.09 bits per heavy atom. The van der Waals surface area contributed by atoms with Crippen LogP contribution in [0.25, 0.3) is 0 Å². The van der Waals surface area contributed by atoms with Gasteiger partial charge in [0, 0.05) is 31.5 Å². The molecule has 0 spiro atoms. The molecule has 0 radical (unpaired) electrons. The van der Waals surface area contributed by atoms with Crippen molar-refractivity contribution in [3.05, 3.63) is 41.9 Å². The van der Waals surface area contributed by atoms with Gasteiger partial charge in [0.15, 0.2) is 0 Å². The molecule has 0 bridgehead atoms. The van der Waals surface area contributed by atoms with Crippen LogP contribution < -0.4 is 15.0 Å². The molecule has 1 fully saturated rings. The van der Waals surface area contributed by atoms with Crippen LogP contribution in [0.1, 0.15) is 28.9 Å². The van der Waals surface area contributed by atoms with Gasteiger partial charge >= 0.3 is 0 Å². The van der Waals surface area contributed by atoms with E-state index >= 15 is 0 Å². The molecule has 1 amide bonds. The molecule has 2 aromatic heterocycles. The Hall–Kier alpha value is -2.70. The van der Waals surface area contributed by atoms with Crippen molar-refractivity contribution in [2.24, 2.45) is 0 Å². The summed E-state index contributed by atoms with van der Waals surface area (Å²) in [6.45, 7) is 2.34. The molecule has 23 heavy (non-hydrogen) atoms. The molecule has 2 aromatic rings. The summed E-state index contributed by atoms with van der Waals surface area (Å²) in [6.07, 6.45) is 5.57. The molecule has 3 heterocycles. The van der Waals surface area contributed by atoms with Crippen molar-refractivity contribution in [2.45, 2.75) is 19.4 Å². The minimum absolute atomic E-state index is 0.193. The maximum Gasteiger partial charge on any atom is 0.253 e. The van der Waals surface area contributed by atoms with E-state index in [0.29, 0.717) is 18.0 Å². The highest BCUT2D eigenvalue weighted by atomic mass is 16.5. The Balaban J connectivity index is 1.60. The van der Waals surface area contributed by atoms with Crippen LogP contribution in [-0.2, 0) is 6.54 Å². The van der Waals surface area contributed by atoms with E-state index in [2.05, 4.69) is 25.2 Å². The Labute approximate surface area is 134 Å². The highest BCUT2D eigenvalue weighted by Gasteiger charge is 2.15. The first-order valence-electron chi connectivity index (χ1n) is 7.61. The summed E-state index contributed by atoms with van der Waals surface area (Å²) in [7, 11) is 1.54. The van der Waals surface area contributed by atoms with Crippen LogP contribution in [0.5, 0.6) is 5.88 Å². The van der Waals surface area contributed by atoms with Crippen LogP contribution in [0.3, 0.4) is 0 Å². The van der Waals surface area contributed by atoms with E-state index in [-0.39, 0.29) is 5.91 Å². The standard InChI is InChI=1S/C16H19N5O2/c1-23-14-5-4-12(10-18-14)15(22)19-11-13-6-7-17-16(20-13)21-8-2-3-9-21/h4-7,10H,2-3,8-9,11H2,1H3,(H,19,22). The topological polar surface area (TPSA) is 80.2 Å². The quantitative estimate of drug-likeness (QED) is 0.899. The third-order valence-electron chi connectivity index (χ3n) is 3.73. The Morgan fingerprint density at radius 1 is 1.26 bits per heavy atom. The normalized spacial score (nSPS) is 13.9. The number of anilines is 1. The lowest BCUT2D eigenvalue weighted by Gasteiger charge is -2.15. The van der Waals surface area contributed by atoms with Gasteiger partial charge in [-0.15, -0.1) is 0 Å². The van der Waals surface area contributed by atoms with Crippen molar-refractivity contribution in [3.8, 4) is 5.88 Å². The molecule has 120 valence electrons. The SMILES string of the molecule is COc1ccc(C(=O)NCc2ccnc(N3CCCC3)n2)cn1. The number of ether oxygens (including phenoxy) is 1. The smallest absolute Gasteiger partial charge is 0.253 e. The molecular weight excluding hydrogens is 294 g/mol. The van der Waals surface area contributed by atoms with Crippen molar-refractivity contribution >= 4 is 11.9 Å². The number of nitrogens with one attached hydrogen (secondary N) is 1. The fraction of sp³-hybridized carbons (Fsp3) is 0.375. The highest BCUT2D eigenvalue weighted by Crippen LogP contribution is 2.15. The number of hydrogen-bond acceptors (Lipinski definition) is 6. The van der Waals surface area contributed by atoms with Gasteiger partial charge in [-0.05, 0) is 25.0 Å². The molecule has 0 aromatic carbocycles. The Bertz CT molecular complexity index is 668. The van der Waals surface area contributed by atoms with Crippen LogP contribution >= 0.6 is 0 Å². The fourth-order valence-electron chi connectivity index (χ4n) is 2.46. The zero-order valence-electron chi connectivity index (χ0n) is 13.0. The first kappa shape index (κ1) is 15.2. The van der Waals surface area contributed by atoms with Gasteiger partial charge in [-0.2, -0.15) is 0 Å².